The van der Waals surface area contributed by atoms with Gasteiger partial charge in [0.25, 0.3) is 0 Å². The molecule has 236 valence electrons. The number of fused-ring (bicyclic) bond motifs is 1. The van der Waals surface area contributed by atoms with E-state index in [1.54, 1.807) is 4.90 Å². The Morgan fingerprint density at radius 2 is 1.50 bits per heavy atom. The van der Waals surface area contributed by atoms with Gasteiger partial charge in [0.15, 0.2) is 17.5 Å². The Bertz CT molecular complexity index is 1630. The maximum Gasteiger partial charge on any atom is 0.420 e. The van der Waals surface area contributed by atoms with E-state index in [2.05, 4.69) is 20.3 Å². The Kier molecular flexibility index (Phi) is 8.31. The van der Waals surface area contributed by atoms with Crippen LogP contribution in [0, 0.1) is 17.5 Å². The number of nitrogens with one attached hydrogen (secondary N) is 2. The summed E-state index contributed by atoms with van der Waals surface area (Å²) in [5, 5.41) is 2.92. The van der Waals surface area contributed by atoms with Gasteiger partial charge in [0, 0.05) is 44.8 Å². The number of pyridine rings is 1. The van der Waals surface area contributed by atoms with Crippen LogP contribution < -0.4 is 15.1 Å². The number of nitrogens with zero attached hydrogens (tertiary/aromatic N) is 5. The zero-order chi connectivity index (χ0) is 32.0. The zero-order valence-corrected chi connectivity index (χ0v) is 23.3. The quantitative estimate of drug-likeness (QED) is 0.183. The Hall–Kier alpha value is -4.21. The number of likely N-dealkylation sites (N-methyl/N-ethyl adjacent to an activating group) is 1. The average Bonchev–Trinajstić information content (AvgIpc) is 3.38. The SMILES string of the molecule is CN(C)CCNc1cnc(N2CCN(c3nc4cc(C(F)(F)F)cc(-c5cc(F)c(F)c(F)c5)c4[nH]3)CC2)c(C(F)(F)F)c1. The maximum atomic E-state index is 14.0. The van der Waals surface area contributed by atoms with Crippen molar-refractivity contribution < 1.29 is 39.5 Å². The predicted molar refractivity (Wildman–Crippen MR) is 147 cm³/mol. The van der Waals surface area contributed by atoms with Crippen molar-refractivity contribution in [2.75, 3.05) is 68.5 Å². The van der Waals surface area contributed by atoms with E-state index in [1.807, 2.05) is 19.0 Å². The number of anilines is 3. The van der Waals surface area contributed by atoms with Crippen molar-refractivity contribution in [3.63, 3.8) is 0 Å². The summed E-state index contributed by atoms with van der Waals surface area (Å²) in [5.74, 6) is -5.07. The molecule has 5 rings (SSSR count). The van der Waals surface area contributed by atoms with E-state index in [0.29, 0.717) is 31.3 Å². The van der Waals surface area contributed by atoms with Gasteiger partial charge in [-0.05, 0) is 50.0 Å². The molecule has 1 aliphatic rings. The Labute approximate surface area is 245 Å². The van der Waals surface area contributed by atoms with Gasteiger partial charge < -0.3 is 25.0 Å². The molecule has 1 fully saturated rings. The monoisotopic (exact) mass is 631 g/mol. The Balaban J connectivity index is 1.42. The fraction of sp³-hybridized carbons (Fsp3) is 0.357. The summed E-state index contributed by atoms with van der Waals surface area (Å²) < 4.78 is 125. The molecule has 0 atom stereocenters. The molecule has 7 nitrogen and oxygen atoms in total. The van der Waals surface area contributed by atoms with Crippen LogP contribution in [0.3, 0.4) is 0 Å². The number of rotatable bonds is 7. The lowest BCUT2D eigenvalue weighted by molar-refractivity contribution is -0.138. The number of hydrogen-bond acceptors (Lipinski definition) is 6. The van der Waals surface area contributed by atoms with E-state index in [-0.39, 0.29) is 65.8 Å². The highest BCUT2D eigenvalue weighted by Crippen LogP contribution is 2.39. The van der Waals surface area contributed by atoms with Crippen molar-refractivity contribution in [3.8, 4) is 11.1 Å². The standard InChI is InChI=1S/C28H26F9N7/c1-42(2)4-3-38-17-13-19(28(35,36)37)25(39-14-17)43-5-7-44(8-6-43)26-40-22-12-16(27(32,33)34)11-18(24(22)41-26)15-9-20(29)23(31)21(30)10-15/h9-14,38H,3-8H2,1-2H3,(H,40,41). The van der Waals surface area contributed by atoms with Gasteiger partial charge >= 0.3 is 12.4 Å². The summed E-state index contributed by atoms with van der Waals surface area (Å²) in [4.78, 5) is 16.2. The highest BCUT2D eigenvalue weighted by atomic mass is 19.4. The molecule has 4 aromatic rings. The molecule has 0 amide bonds. The van der Waals surface area contributed by atoms with E-state index in [9.17, 15) is 39.5 Å². The van der Waals surface area contributed by atoms with E-state index in [4.69, 9.17) is 0 Å². The first-order valence-corrected chi connectivity index (χ1v) is 13.3. The van der Waals surface area contributed by atoms with Crippen LogP contribution in [-0.2, 0) is 12.4 Å². The average molecular weight is 632 g/mol. The summed E-state index contributed by atoms with van der Waals surface area (Å²) >= 11 is 0. The van der Waals surface area contributed by atoms with Crippen LogP contribution in [0.5, 0.6) is 0 Å². The summed E-state index contributed by atoms with van der Waals surface area (Å²) in [6.45, 7) is 1.43. The topological polar surface area (TPSA) is 63.3 Å². The number of alkyl halides is 6. The number of hydrogen-bond donors (Lipinski definition) is 2. The molecule has 1 saturated heterocycles. The maximum absolute atomic E-state index is 14.0. The largest absolute Gasteiger partial charge is 0.420 e. The Morgan fingerprint density at radius 3 is 2.09 bits per heavy atom. The molecule has 1 aliphatic heterocycles. The number of H-pyrrole nitrogens is 1. The highest BCUT2D eigenvalue weighted by molar-refractivity contribution is 5.94. The smallest absolute Gasteiger partial charge is 0.383 e. The summed E-state index contributed by atoms with van der Waals surface area (Å²) in [6, 6.07) is 3.61. The van der Waals surface area contributed by atoms with Crippen LogP contribution in [0.1, 0.15) is 11.1 Å². The lowest BCUT2D eigenvalue weighted by Crippen LogP contribution is -2.47. The second-order valence-electron chi connectivity index (χ2n) is 10.5. The highest BCUT2D eigenvalue weighted by Gasteiger charge is 2.37. The molecule has 16 heteroatoms. The van der Waals surface area contributed by atoms with Crippen molar-refractivity contribution in [2.24, 2.45) is 0 Å². The van der Waals surface area contributed by atoms with E-state index >= 15 is 0 Å². The first kappa shape index (κ1) is 31.2. The van der Waals surface area contributed by atoms with Crippen LogP contribution in [0.4, 0.5) is 57.0 Å². The molecule has 3 heterocycles. The third-order valence-electron chi connectivity index (χ3n) is 7.14. The Morgan fingerprint density at radius 1 is 0.864 bits per heavy atom. The summed E-state index contributed by atoms with van der Waals surface area (Å²) in [5.41, 5.74) is -2.59. The van der Waals surface area contributed by atoms with Gasteiger partial charge in [-0.25, -0.2) is 23.1 Å². The summed E-state index contributed by atoms with van der Waals surface area (Å²) in [6.07, 6.45) is -8.18. The van der Waals surface area contributed by atoms with Crippen molar-refractivity contribution in [2.45, 2.75) is 12.4 Å². The second-order valence-corrected chi connectivity index (χ2v) is 10.5. The first-order valence-electron chi connectivity index (χ1n) is 13.3. The van der Waals surface area contributed by atoms with Crippen molar-refractivity contribution >= 4 is 28.5 Å². The molecule has 0 spiro atoms. The molecule has 0 aliphatic carbocycles. The van der Waals surface area contributed by atoms with Crippen LogP contribution in [0.15, 0.2) is 36.5 Å². The molecular formula is C28H26F9N7. The van der Waals surface area contributed by atoms with Crippen LogP contribution >= 0.6 is 0 Å². The van der Waals surface area contributed by atoms with Crippen molar-refractivity contribution in [3.05, 3.63) is 65.1 Å². The lowest BCUT2D eigenvalue weighted by Gasteiger charge is -2.36. The van der Waals surface area contributed by atoms with Gasteiger partial charge in [0.05, 0.1) is 28.5 Å². The van der Waals surface area contributed by atoms with Gasteiger partial charge in [-0.1, -0.05) is 0 Å². The normalized spacial score (nSPS) is 14.6. The molecule has 0 radical (unpaired) electrons. The second kappa shape index (κ2) is 11.7. The van der Waals surface area contributed by atoms with Crippen LogP contribution in [0.25, 0.3) is 22.2 Å². The molecular weight excluding hydrogens is 605 g/mol. The molecule has 0 saturated carbocycles. The molecule has 0 unspecified atom stereocenters. The number of imidazole rings is 1. The van der Waals surface area contributed by atoms with Crippen molar-refractivity contribution in [1.29, 1.82) is 0 Å². The van der Waals surface area contributed by atoms with E-state index < -0.39 is 40.9 Å². The minimum atomic E-state index is -4.83. The fourth-order valence-electron chi connectivity index (χ4n) is 4.92. The number of piperazine rings is 1. The third-order valence-corrected chi connectivity index (χ3v) is 7.14. The minimum Gasteiger partial charge on any atom is -0.383 e. The van der Waals surface area contributed by atoms with Crippen LogP contribution in [-0.4, -0.2) is 73.2 Å². The first-order chi connectivity index (χ1) is 20.6. The third kappa shape index (κ3) is 6.49. The molecule has 44 heavy (non-hydrogen) atoms. The minimum absolute atomic E-state index is 0.0132. The number of aromatic nitrogens is 3. The predicted octanol–water partition coefficient (Wildman–Crippen LogP) is 6.38. The lowest BCUT2D eigenvalue weighted by atomic mass is 10.0. The molecule has 2 aromatic heterocycles. The van der Waals surface area contributed by atoms with Gasteiger partial charge in [0.2, 0.25) is 5.95 Å². The van der Waals surface area contributed by atoms with Gasteiger partial charge in [-0.15, -0.1) is 0 Å². The molecule has 0 bridgehead atoms. The van der Waals surface area contributed by atoms with Gasteiger partial charge in [-0.2, -0.15) is 26.3 Å². The number of benzene rings is 2. The van der Waals surface area contributed by atoms with Crippen LogP contribution in [0.2, 0.25) is 0 Å². The fourth-order valence-corrected chi connectivity index (χ4v) is 4.92. The summed E-state index contributed by atoms with van der Waals surface area (Å²) in [7, 11) is 3.67. The molecule has 2 N–H and O–H groups in total. The zero-order valence-electron chi connectivity index (χ0n) is 23.3. The number of aromatic amines is 1. The number of halogens is 9. The van der Waals surface area contributed by atoms with Gasteiger partial charge in [0.1, 0.15) is 11.4 Å². The van der Waals surface area contributed by atoms with Crippen molar-refractivity contribution in [1.82, 2.24) is 19.9 Å². The van der Waals surface area contributed by atoms with E-state index in [0.717, 1.165) is 12.1 Å². The van der Waals surface area contributed by atoms with Gasteiger partial charge in [-0.3, -0.25) is 0 Å². The molecule has 2 aromatic carbocycles. The van der Waals surface area contributed by atoms with E-state index in [1.165, 1.54) is 11.1 Å².